The average molecular weight is 462 g/mol. The molecule has 1 aliphatic heterocycles. The van der Waals surface area contributed by atoms with Gasteiger partial charge in [-0.05, 0) is 49.6 Å². The molecular weight excluding hydrogens is 439 g/mol. The molecule has 2 unspecified atom stereocenters. The van der Waals surface area contributed by atoms with E-state index < -0.39 is 33.8 Å². The molecule has 0 fully saturated rings. The van der Waals surface area contributed by atoms with E-state index in [0.29, 0.717) is 30.4 Å². The van der Waals surface area contributed by atoms with Crippen LogP contribution in [0.15, 0.2) is 34.7 Å². The summed E-state index contributed by atoms with van der Waals surface area (Å²) in [5.41, 5.74) is 0.565. The first-order chi connectivity index (χ1) is 15.1. The number of halogens is 1. The summed E-state index contributed by atoms with van der Waals surface area (Å²) in [6, 6.07) is 6.71. The van der Waals surface area contributed by atoms with Crippen molar-refractivity contribution in [3.63, 3.8) is 0 Å². The smallest absolute Gasteiger partial charge is 0.340 e. The van der Waals surface area contributed by atoms with Crippen molar-refractivity contribution in [1.82, 2.24) is 4.98 Å². The van der Waals surface area contributed by atoms with Crippen LogP contribution >= 0.6 is 0 Å². The molecule has 170 valence electrons. The molecule has 3 heterocycles. The van der Waals surface area contributed by atoms with Crippen molar-refractivity contribution in [1.29, 1.82) is 0 Å². The van der Waals surface area contributed by atoms with E-state index in [4.69, 9.17) is 4.42 Å². The van der Waals surface area contributed by atoms with Crippen LogP contribution in [0.2, 0.25) is 0 Å². The fourth-order valence-electron chi connectivity index (χ4n) is 4.08. The predicted octanol–water partition coefficient (Wildman–Crippen LogP) is 3.75. The monoisotopic (exact) mass is 462 g/mol. The number of carboxylic acid groups (broad SMARTS) is 1. The highest BCUT2D eigenvalue weighted by molar-refractivity contribution is 7.92. The van der Waals surface area contributed by atoms with Crippen LogP contribution in [0.25, 0.3) is 22.4 Å². The number of anilines is 1. The number of hydrogen-bond donors (Lipinski definition) is 2. The van der Waals surface area contributed by atoms with Gasteiger partial charge in [-0.25, -0.2) is 17.6 Å². The molecule has 0 amide bonds. The Morgan fingerprint density at radius 1 is 1.25 bits per heavy atom. The summed E-state index contributed by atoms with van der Waals surface area (Å²) >= 11 is 0. The van der Waals surface area contributed by atoms with Gasteiger partial charge in [0.25, 0.3) is 0 Å². The number of fused-ring (bicyclic) bond motifs is 2. The fraction of sp³-hybridized carbons (Fsp3) is 0.364. The standard InChI is InChI=1S/C22H23FN2O6S/c1-12-15-11-16-18(22(27)28)19(13-6-8-14(23)9-7-13)31-21(16)24-20(15)25(32(2,29)30)10-4-3-5-17(12)26/h6-9,11-12,17,26H,3-5,10H2,1-2H3,(H,27,28). The molecule has 3 aromatic rings. The molecule has 8 nitrogen and oxygen atoms in total. The molecule has 0 spiro atoms. The number of benzene rings is 1. The first-order valence-corrected chi connectivity index (χ1v) is 12.0. The molecule has 2 N–H and O–H groups in total. The van der Waals surface area contributed by atoms with Crippen molar-refractivity contribution in [3.8, 4) is 11.3 Å². The topological polar surface area (TPSA) is 121 Å². The number of nitrogens with zero attached hydrogens (tertiary/aromatic N) is 2. The first kappa shape index (κ1) is 22.2. The quantitative estimate of drug-likeness (QED) is 0.608. The average Bonchev–Trinajstić information content (AvgIpc) is 3.11. The van der Waals surface area contributed by atoms with E-state index in [2.05, 4.69) is 4.98 Å². The number of rotatable bonds is 3. The molecule has 1 aromatic carbocycles. The number of aliphatic hydroxyl groups is 1. The molecule has 0 saturated carbocycles. The minimum Gasteiger partial charge on any atom is -0.478 e. The second kappa shape index (κ2) is 8.18. The van der Waals surface area contributed by atoms with Gasteiger partial charge in [0.05, 0.1) is 17.7 Å². The number of furan rings is 1. The number of aliphatic hydroxyl groups excluding tert-OH is 1. The van der Waals surface area contributed by atoms with Crippen LogP contribution < -0.4 is 4.31 Å². The van der Waals surface area contributed by atoms with Gasteiger partial charge in [-0.3, -0.25) is 4.31 Å². The Labute approximate surface area is 184 Å². The van der Waals surface area contributed by atoms with Gasteiger partial charge >= 0.3 is 5.97 Å². The van der Waals surface area contributed by atoms with Crippen molar-refractivity contribution in [2.24, 2.45) is 0 Å². The Morgan fingerprint density at radius 2 is 1.94 bits per heavy atom. The first-order valence-electron chi connectivity index (χ1n) is 10.2. The fourth-order valence-corrected chi connectivity index (χ4v) is 5.00. The molecule has 0 radical (unpaired) electrons. The Kier molecular flexibility index (Phi) is 5.68. The third-order valence-electron chi connectivity index (χ3n) is 5.83. The second-order valence-electron chi connectivity index (χ2n) is 8.06. The predicted molar refractivity (Wildman–Crippen MR) is 117 cm³/mol. The summed E-state index contributed by atoms with van der Waals surface area (Å²) in [7, 11) is -3.69. The zero-order valence-corrected chi connectivity index (χ0v) is 18.4. The number of hydrogen-bond acceptors (Lipinski definition) is 6. The lowest BCUT2D eigenvalue weighted by Crippen LogP contribution is -2.32. The van der Waals surface area contributed by atoms with Gasteiger partial charge in [-0.15, -0.1) is 0 Å². The molecule has 0 aliphatic carbocycles. The van der Waals surface area contributed by atoms with Crippen LogP contribution in [0.1, 0.15) is 48.0 Å². The van der Waals surface area contributed by atoms with E-state index in [1.54, 1.807) is 6.92 Å². The number of aromatic nitrogens is 1. The van der Waals surface area contributed by atoms with Gasteiger partial charge in [0.1, 0.15) is 17.2 Å². The lowest BCUT2D eigenvalue weighted by atomic mass is 9.92. The highest BCUT2D eigenvalue weighted by atomic mass is 32.2. The number of pyridine rings is 1. The Hall–Kier alpha value is -2.98. The van der Waals surface area contributed by atoms with Crippen molar-refractivity contribution in [2.45, 2.75) is 38.2 Å². The van der Waals surface area contributed by atoms with Gasteiger partial charge in [0.15, 0.2) is 5.76 Å². The maximum absolute atomic E-state index is 13.4. The third-order valence-corrected chi connectivity index (χ3v) is 6.98. The van der Waals surface area contributed by atoms with Gasteiger partial charge < -0.3 is 14.6 Å². The maximum atomic E-state index is 13.4. The number of carbonyl (C=O) groups is 1. The van der Waals surface area contributed by atoms with E-state index in [1.807, 2.05) is 0 Å². The van der Waals surface area contributed by atoms with Crippen LogP contribution in [0.5, 0.6) is 0 Å². The molecule has 32 heavy (non-hydrogen) atoms. The lowest BCUT2D eigenvalue weighted by Gasteiger charge is -2.25. The van der Waals surface area contributed by atoms with Crippen LogP contribution in [0.3, 0.4) is 0 Å². The Balaban J connectivity index is 2.03. The normalized spacial score (nSPS) is 19.8. The van der Waals surface area contributed by atoms with Crippen molar-refractivity contribution in [2.75, 3.05) is 17.1 Å². The molecule has 2 atom stereocenters. The van der Waals surface area contributed by atoms with Crippen molar-refractivity contribution >= 4 is 32.9 Å². The number of aromatic carboxylic acids is 1. The third kappa shape index (κ3) is 3.95. The Bertz CT molecular complexity index is 1290. The zero-order valence-electron chi connectivity index (χ0n) is 17.6. The lowest BCUT2D eigenvalue weighted by molar-refractivity contribution is 0.0699. The number of sulfonamides is 1. The minimum absolute atomic E-state index is 0.00528. The van der Waals surface area contributed by atoms with E-state index in [1.165, 1.54) is 34.6 Å². The van der Waals surface area contributed by atoms with Crippen LogP contribution in [-0.4, -0.2) is 48.5 Å². The molecular formula is C22H23FN2O6S. The van der Waals surface area contributed by atoms with Gasteiger partial charge in [0.2, 0.25) is 15.7 Å². The highest BCUT2D eigenvalue weighted by Gasteiger charge is 2.32. The van der Waals surface area contributed by atoms with Gasteiger partial charge in [-0.2, -0.15) is 4.98 Å². The summed E-state index contributed by atoms with van der Waals surface area (Å²) in [5, 5.41) is 20.7. The molecule has 10 heteroatoms. The molecule has 1 aliphatic rings. The molecule has 2 aromatic heterocycles. The molecule has 0 saturated heterocycles. The summed E-state index contributed by atoms with van der Waals surface area (Å²) < 4.78 is 45.4. The van der Waals surface area contributed by atoms with Crippen LogP contribution in [0, 0.1) is 5.82 Å². The summed E-state index contributed by atoms with van der Waals surface area (Å²) in [6.45, 7) is 1.94. The second-order valence-corrected chi connectivity index (χ2v) is 9.97. The maximum Gasteiger partial charge on any atom is 0.340 e. The van der Waals surface area contributed by atoms with Gasteiger partial charge in [0, 0.05) is 23.6 Å². The van der Waals surface area contributed by atoms with Gasteiger partial charge in [-0.1, -0.05) is 6.92 Å². The summed E-state index contributed by atoms with van der Waals surface area (Å²) in [4.78, 5) is 16.6. The van der Waals surface area contributed by atoms with Crippen molar-refractivity contribution < 1.29 is 32.2 Å². The largest absolute Gasteiger partial charge is 0.478 e. The highest BCUT2D eigenvalue weighted by Crippen LogP contribution is 2.40. The van der Waals surface area contributed by atoms with Crippen LogP contribution in [0.4, 0.5) is 10.2 Å². The summed E-state index contributed by atoms with van der Waals surface area (Å²) in [6.07, 6.45) is 1.99. The molecule has 0 bridgehead atoms. The number of carboxylic acids is 1. The van der Waals surface area contributed by atoms with Crippen LogP contribution in [-0.2, 0) is 10.0 Å². The SMILES string of the molecule is CC1c2cc3c(C(=O)O)c(-c4ccc(F)cc4)oc3nc2N(S(C)(=O)=O)CCCCC1O. The van der Waals surface area contributed by atoms with E-state index >= 15 is 0 Å². The Morgan fingerprint density at radius 3 is 2.56 bits per heavy atom. The molecule has 4 rings (SSSR count). The van der Waals surface area contributed by atoms with E-state index in [-0.39, 0.29) is 34.8 Å². The summed E-state index contributed by atoms with van der Waals surface area (Å²) in [5.74, 6) is -2.12. The van der Waals surface area contributed by atoms with E-state index in [0.717, 1.165) is 6.26 Å². The van der Waals surface area contributed by atoms with Crippen molar-refractivity contribution in [3.05, 3.63) is 47.3 Å². The zero-order chi connectivity index (χ0) is 23.2. The van der Waals surface area contributed by atoms with E-state index in [9.17, 15) is 27.8 Å². The minimum atomic E-state index is -3.69.